The Morgan fingerprint density at radius 2 is 1.70 bits per heavy atom. The third-order valence-corrected chi connectivity index (χ3v) is 3.66. The van der Waals surface area contributed by atoms with Crippen LogP contribution in [0.15, 0.2) is 24.3 Å². The molecule has 4 nitrogen and oxygen atoms in total. The average molecular weight is 318 g/mol. The molecule has 1 atom stereocenters. The van der Waals surface area contributed by atoms with Crippen LogP contribution in [0.2, 0.25) is 0 Å². The standard InChI is InChI=1S/C19H30N2O2/c1-7-16(18(23)20-19(4,5)6)21(17(22)8-2)13-15-11-9-14(3)10-12-15/h9-12,16H,7-8,13H2,1-6H3,(H,20,23). The maximum atomic E-state index is 12.6. The van der Waals surface area contributed by atoms with E-state index in [1.54, 1.807) is 4.90 Å². The first-order valence-electron chi connectivity index (χ1n) is 8.35. The summed E-state index contributed by atoms with van der Waals surface area (Å²) in [6.07, 6.45) is 0.991. The Morgan fingerprint density at radius 3 is 2.13 bits per heavy atom. The van der Waals surface area contributed by atoms with Crippen molar-refractivity contribution >= 4 is 11.8 Å². The molecule has 0 aromatic heterocycles. The highest BCUT2D eigenvalue weighted by atomic mass is 16.2. The molecule has 2 amide bonds. The van der Waals surface area contributed by atoms with Gasteiger partial charge in [-0.2, -0.15) is 0 Å². The second-order valence-electron chi connectivity index (χ2n) is 7.02. The Hall–Kier alpha value is -1.84. The molecule has 1 unspecified atom stereocenters. The topological polar surface area (TPSA) is 49.4 Å². The van der Waals surface area contributed by atoms with Crippen LogP contribution in [-0.4, -0.2) is 28.3 Å². The van der Waals surface area contributed by atoms with Gasteiger partial charge in [0.15, 0.2) is 0 Å². The van der Waals surface area contributed by atoms with Gasteiger partial charge in [0.2, 0.25) is 11.8 Å². The molecule has 23 heavy (non-hydrogen) atoms. The predicted octanol–water partition coefficient (Wildman–Crippen LogP) is 3.43. The van der Waals surface area contributed by atoms with Gasteiger partial charge >= 0.3 is 0 Å². The number of amides is 2. The third kappa shape index (κ3) is 6.05. The van der Waals surface area contributed by atoms with Gasteiger partial charge in [-0.05, 0) is 39.7 Å². The minimum absolute atomic E-state index is 0.00137. The lowest BCUT2D eigenvalue weighted by molar-refractivity contribution is -0.141. The fourth-order valence-electron chi connectivity index (χ4n) is 2.47. The summed E-state index contributed by atoms with van der Waals surface area (Å²) < 4.78 is 0. The van der Waals surface area contributed by atoms with E-state index in [4.69, 9.17) is 0 Å². The number of rotatable bonds is 6. The van der Waals surface area contributed by atoms with Gasteiger partial charge in [0.25, 0.3) is 0 Å². The lowest BCUT2D eigenvalue weighted by Crippen LogP contribution is -2.53. The van der Waals surface area contributed by atoms with Gasteiger partial charge in [-0.3, -0.25) is 9.59 Å². The lowest BCUT2D eigenvalue weighted by Gasteiger charge is -2.33. The number of carbonyl (C=O) groups is 2. The summed E-state index contributed by atoms with van der Waals surface area (Å²) in [6, 6.07) is 7.64. The summed E-state index contributed by atoms with van der Waals surface area (Å²) in [6.45, 7) is 12.1. The molecule has 0 spiro atoms. The van der Waals surface area contributed by atoms with Gasteiger partial charge in [-0.25, -0.2) is 0 Å². The summed E-state index contributed by atoms with van der Waals surface area (Å²) in [5, 5.41) is 2.99. The Balaban J connectivity index is 3.00. The zero-order valence-corrected chi connectivity index (χ0v) is 15.3. The Morgan fingerprint density at radius 1 is 1.13 bits per heavy atom. The Bertz CT molecular complexity index is 529. The monoisotopic (exact) mass is 318 g/mol. The molecule has 0 saturated carbocycles. The first kappa shape index (κ1) is 19.2. The van der Waals surface area contributed by atoms with Gasteiger partial charge in [0.1, 0.15) is 6.04 Å². The molecule has 0 fully saturated rings. The molecule has 4 heteroatoms. The van der Waals surface area contributed by atoms with E-state index >= 15 is 0 Å². The normalized spacial score (nSPS) is 12.6. The highest BCUT2D eigenvalue weighted by Gasteiger charge is 2.29. The zero-order chi connectivity index (χ0) is 17.6. The third-order valence-electron chi connectivity index (χ3n) is 3.66. The second kappa shape index (κ2) is 8.14. The molecule has 1 aromatic rings. The van der Waals surface area contributed by atoms with E-state index in [1.165, 1.54) is 5.56 Å². The minimum atomic E-state index is -0.442. The molecule has 0 saturated heterocycles. The van der Waals surface area contributed by atoms with Crippen LogP contribution in [0.4, 0.5) is 0 Å². The van der Waals surface area contributed by atoms with Crippen molar-refractivity contribution < 1.29 is 9.59 Å². The number of nitrogens with zero attached hydrogens (tertiary/aromatic N) is 1. The SMILES string of the molecule is CCC(=O)N(Cc1ccc(C)cc1)C(CC)C(=O)NC(C)(C)C. The summed E-state index contributed by atoms with van der Waals surface area (Å²) in [7, 11) is 0. The largest absolute Gasteiger partial charge is 0.350 e. The number of hydrogen-bond donors (Lipinski definition) is 1. The fourth-order valence-corrected chi connectivity index (χ4v) is 2.47. The number of hydrogen-bond acceptors (Lipinski definition) is 2. The van der Waals surface area contributed by atoms with Crippen molar-refractivity contribution in [1.82, 2.24) is 10.2 Å². The van der Waals surface area contributed by atoms with Crippen LogP contribution in [0.5, 0.6) is 0 Å². The van der Waals surface area contributed by atoms with Crippen LogP contribution in [0.1, 0.15) is 58.6 Å². The smallest absolute Gasteiger partial charge is 0.243 e. The number of aryl methyl sites for hydroxylation is 1. The maximum absolute atomic E-state index is 12.6. The first-order valence-corrected chi connectivity index (χ1v) is 8.35. The Labute approximate surface area is 140 Å². The van der Waals surface area contributed by atoms with Crippen molar-refractivity contribution in [3.63, 3.8) is 0 Å². The van der Waals surface area contributed by atoms with E-state index in [2.05, 4.69) is 5.32 Å². The lowest BCUT2D eigenvalue weighted by atomic mass is 10.0. The van der Waals surface area contributed by atoms with Gasteiger partial charge in [-0.15, -0.1) is 0 Å². The number of carbonyl (C=O) groups excluding carboxylic acids is 2. The molecule has 0 aliphatic rings. The molecule has 1 aromatic carbocycles. The van der Waals surface area contributed by atoms with Crippen molar-refractivity contribution in [2.75, 3.05) is 0 Å². The van der Waals surface area contributed by atoms with E-state index in [9.17, 15) is 9.59 Å². The quantitative estimate of drug-likeness (QED) is 0.873. The van der Waals surface area contributed by atoms with Crippen molar-refractivity contribution in [3.8, 4) is 0 Å². The predicted molar refractivity (Wildman–Crippen MR) is 94.0 cm³/mol. The van der Waals surface area contributed by atoms with Crippen LogP contribution < -0.4 is 5.32 Å². The summed E-state index contributed by atoms with van der Waals surface area (Å²) >= 11 is 0. The van der Waals surface area contributed by atoms with Crippen molar-refractivity contribution in [3.05, 3.63) is 35.4 Å². The van der Waals surface area contributed by atoms with Crippen molar-refractivity contribution in [1.29, 1.82) is 0 Å². The molecule has 0 heterocycles. The van der Waals surface area contributed by atoms with Gasteiger partial charge < -0.3 is 10.2 Å². The Kier molecular flexibility index (Phi) is 6.79. The van der Waals surface area contributed by atoms with Gasteiger partial charge in [0, 0.05) is 18.5 Å². The summed E-state index contributed by atoms with van der Waals surface area (Å²) in [5.74, 6) is -0.0876. The fraction of sp³-hybridized carbons (Fsp3) is 0.579. The molecule has 0 radical (unpaired) electrons. The minimum Gasteiger partial charge on any atom is -0.350 e. The molecule has 1 N–H and O–H groups in total. The number of benzene rings is 1. The molecular weight excluding hydrogens is 288 g/mol. The van der Waals surface area contributed by atoms with E-state index < -0.39 is 6.04 Å². The van der Waals surface area contributed by atoms with E-state index in [0.29, 0.717) is 19.4 Å². The molecule has 128 valence electrons. The summed E-state index contributed by atoms with van der Waals surface area (Å²) in [5.41, 5.74) is 1.91. The van der Waals surface area contributed by atoms with Crippen LogP contribution in [0.25, 0.3) is 0 Å². The van der Waals surface area contributed by atoms with Crippen LogP contribution in [-0.2, 0) is 16.1 Å². The molecule has 1 rings (SSSR count). The second-order valence-corrected chi connectivity index (χ2v) is 7.02. The highest BCUT2D eigenvalue weighted by Crippen LogP contribution is 2.15. The van der Waals surface area contributed by atoms with Crippen LogP contribution in [0, 0.1) is 6.92 Å². The molecule has 0 aliphatic heterocycles. The van der Waals surface area contributed by atoms with Crippen LogP contribution >= 0.6 is 0 Å². The number of nitrogens with one attached hydrogen (secondary N) is 1. The van der Waals surface area contributed by atoms with Gasteiger partial charge in [-0.1, -0.05) is 43.7 Å². The molecule has 0 bridgehead atoms. The zero-order valence-electron chi connectivity index (χ0n) is 15.3. The average Bonchev–Trinajstić information content (AvgIpc) is 2.46. The first-order chi connectivity index (χ1) is 10.7. The maximum Gasteiger partial charge on any atom is 0.243 e. The van der Waals surface area contributed by atoms with Crippen molar-refractivity contribution in [2.24, 2.45) is 0 Å². The van der Waals surface area contributed by atoms with E-state index in [0.717, 1.165) is 5.56 Å². The van der Waals surface area contributed by atoms with Crippen molar-refractivity contribution in [2.45, 2.75) is 72.5 Å². The highest BCUT2D eigenvalue weighted by molar-refractivity contribution is 5.87. The molecular formula is C19H30N2O2. The van der Waals surface area contributed by atoms with E-state index in [-0.39, 0.29) is 17.4 Å². The van der Waals surface area contributed by atoms with E-state index in [1.807, 2.05) is 65.8 Å². The van der Waals surface area contributed by atoms with Gasteiger partial charge in [0.05, 0.1) is 0 Å². The summed E-state index contributed by atoms with van der Waals surface area (Å²) in [4.78, 5) is 26.7. The molecule has 0 aliphatic carbocycles. The van der Waals surface area contributed by atoms with Crippen LogP contribution in [0.3, 0.4) is 0 Å².